The van der Waals surface area contributed by atoms with Crippen LogP contribution in [0, 0.1) is 11.8 Å². The van der Waals surface area contributed by atoms with Crippen LogP contribution in [0.1, 0.15) is 26.2 Å². The van der Waals surface area contributed by atoms with Gasteiger partial charge in [0.2, 0.25) is 5.91 Å². The van der Waals surface area contributed by atoms with E-state index in [0.717, 1.165) is 51.5 Å². The van der Waals surface area contributed by atoms with Crippen molar-refractivity contribution in [3.63, 3.8) is 0 Å². The lowest BCUT2D eigenvalue weighted by atomic mass is 9.96. The predicted octanol–water partition coefficient (Wildman–Crippen LogP) is 1.20. The van der Waals surface area contributed by atoms with Gasteiger partial charge in [0, 0.05) is 32.2 Å². The highest BCUT2D eigenvalue weighted by molar-refractivity contribution is 5.85. The third-order valence-electron chi connectivity index (χ3n) is 3.15. The molecule has 0 saturated carbocycles. The molecule has 1 rings (SSSR count). The molecule has 1 atom stereocenters. The Bertz CT molecular complexity index is 209. The third kappa shape index (κ3) is 6.86. The summed E-state index contributed by atoms with van der Waals surface area (Å²) in [4.78, 5) is 11.6. The highest BCUT2D eigenvalue weighted by Gasteiger charge is 2.15. The van der Waals surface area contributed by atoms with Crippen molar-refractivity contribution >= 4 is 18.3 Å². The maximum absolute atomic E-state index is 11.6. The van der Waals surface area contributed by atoms with Crippen LogP contribution in [0.15, 0.2) is 0 Å². The molecule has 1 saturated heterocycles. The average Bonchev–Trinajstić information content (AvgIpc) is 2.30. The van der Waals surface area contributed by atoms with E-state index in [1.807, 2.05) is 14.0 Å². The number of carbonyl (C=O) groups is 1. The fraction of sp³-hybridized carbons (Fsp3) is 0.917. The standard InChI is InChI=1S/C12H24N2O2.ClH/c1-10(9-13-2)12(15)14-6-3-11-4-7-16-8-5-11;/h10-11,13H,3-9H2,1-2H3,(H,14,15);1H. The molecule has 0 radical (unpaired) electrons. The number of hydrogen-bond acceptors (Lipinski definition) is 3. The minimum atomic E-state index is 0. The molecule has 1 amide bonds. The zero-order valence-electron chi connectivity index (χ0n) is 10.8. The van der Waals surface area contributed by atoms with Gasteiger partial charge in [-0.2, -0.15) is 0 Å². The molecule has 1 unspecified atom stereocenters. The van der Waals surface area contributed by atoms with Gasteiger partial charge in [0.1, 0.15) is 0 Å². The fourth-order valence-corrected chi connectivity index (χ4v) is 2.01. The lowest BCUT2D eigenvalue weighted by Crippen LogP contribution is -2.35. The van der Waals surface area contributed by atoms with Gasteiger partial charge < -0.3 is 15.4 Å². The normalized spacial score (nSPS) is 18.2. The average molecular weight is 265 g/mol. The molecular weight excluding hydrogens is 240 g/mol. The van der Waals surface area contributed by atoms with E-state index in [1.54, 1.807) is 0 Å². The number of halogens is 1. The lowest BCUT2D eigenvalue weighted by molar-refractivity contribution is -0.124. The number of amides is 1. The van der Waals surface area contributed by atoms with Crippen molar-refractivity contribution in [2.75, 3.05) is 33.4 Å². The van der Waals surface area contributed by atoms with Crippen LogP contribution in [0.4, 0.5) is 0 Å². The molecule has 1 heterocycles. The Hall–Kier alpha value is -0.320. The molecular formula is C12H25ClN2O2. The molecule has 102 valence electrons. The van der Waals surface area contributed by atoms with Gasteiger partial charge in [-0.05, 0) is 32.2 Å². The summed E-state index contributed by atoms with van der Waals surface area (Å²) < 4.78 is 5.30. The summed E-state index contributed by atoms with van der Waals surface area (Å²) in [5, 5.41) is 6.01. The van der Waals surface area contributed by atoms with Gasteiger partial charge in [-0.25, -0.2) is 0 Å². The molecule has 1 aliphatic rings. The summed E-state index contributed by atoms with van der Waals surface area (Å²) in [7, 11) is 1.87. The minimum absolute atomic E-state index is 0. The van der Waals surface area contributed by atoms with E-state index >= 15 is 0 Å². The van der Waals surface area contributed by atoms with Crippen molar-refractivity contribution in [1.29, 1.82) is 0 Å². The quantitative estimate of drug-likeness (QED) is 0.758. The Morgan fingerprint density at radius 3 is 2.65 bits per heavy atom. The molecule has 0 aromatic carbocycles. The molecule has 0 aromatic rings. The first-order chi connectivity index (χ1) is 7.74. The summed E-state index contributed by atoms with van der Waals surface area (Å²) in [5.41, 5.74) is 0. The molecule has 2 N–H and O–H groups in total. The van der Waals surface area contributed by atoms with E-state index in [4.69, 9.17) is 4.74 Å². The van der Waals surface area contributed by atoms with Crippen LogP contribution in [0.5, 0.6) is 0 Å². The van der Waals surface area contributed by atoms with Crippen LogP contribution < -0.4 is 10.6 Å². The Morgan fingerprint density at radius 2 is 2.06 bits per heavy atom. The third-order valence-corrected chi connectivity index (χ3v) is 3.15. The van der Waals surface area contributed by atoms with E-state index in [-0.39, 0.29) is 24.2 Å². The molecule has 0 aromatic heterocycles. The monoisotopic (exact) mass is 264 g/mol. The van der Waals surface area contributed by atoms with E-state index in [9.17, 15) is 4.79 Å². The van der Waals surface area contributed by atoms with Crippen molar-refractivity contribution in [2.24, 2.45) is 11.8 Å². The zero-order valence-corrected chi connectivity index (χ0v) is 11.6. The van der Waals surface area contributed by atoms with Crippen LogP contribution in [0.2, 0.25) is 0 Å². The second kappa shape index (κ2) is 9.68. The van der Waals surface area contributed by atoms with E-state index < -0.39 is 0 Å². The zero-order chi connectivity index (χ0) is 11.8. The van der Waals surface area contributed by atoms with E-state index in [0.29, 0.717) is 0 Å². The molecule has 0 aliphatic carbocycles. The Balaban J connectivity index is 0.00000256. The Labute approximate surface area is 110 Å². The van der Waals surface area contributed by atoms with Gasteiger partial charge in [-0.3, -0.25) is 4.79 Å². The van der Waals surface area contributed by atoms with Gasteiger partial charge in [0.05, 0.1) is 0 Å². The van der Waals surface area contributed by atoms with E-state index in [1.165, 1.54) is 0 Å². The summed E-state index contributed by atoms with van der Waals surface area (Å²) in [6, 6.07) is 0. The first kappa shape index (κ1) is 16.7. The van der Waals surface area contributed by atoms with E-state index in [2.05, 4.69) is 10.6 Å². The van der Waals surface area contributed by atoms with Crippen molar-refractivity contribution in [2.45, 2.75) is 26.2 Å². The first-order valence-corrected chi connectivity index (χ1v) is 6.24. The second-order valence-electron chi connectivity index (χ2n) is 4.59. The summed E-state index contributed by atoms with van der Waals surface area (Å²) >= 11 is 0. The first-order valence-electron chi connectivity index (χ1n) is 6.24. The second-order valence-corrected chi connectivity index (χ2v) is 4.59. The molecule has 0 spiro atoms. The van der Waals surface area contributed by atoms with Crippen LogP contribution in [0.3, 0.4) is 0 Å². The van der Waals surface area contributed by atoms with Gasteiger partial charge in [0.25, 0.3) is 0 Å². The van der Waals surface area contributed by atoms with Crippen LogP contribution >= 0.6 is 12.4 Å². The number of carbonyl (C=O) groups excluding carboxylic acids is 1. The summed E-state index contributed by atoms with van der Waals surface area (Å²) in [6.07, 6.45) is 3.37. The fourth-order valence-electron chi connectivity index (χ4n) is 2.01. The van der Waals surface area contributed by atoms with Crippen molar-refractivity contribution in [3.05, 3.63) is 0 Å². The van der Waals surface area contributed by atoms with Crippen molar-refractivity contribution in [3.8, 4) is 0 Å². The Kier molecular flexibility index (Phi) is 9.50. The number of ether oxygens (including phenoxy) is 1. The molecule has 0 bridgehead atoms. The maximum atomic E-state index is 11.6. The van der Waals surface area contributed by atoms with Gasteiger partial charge >= 0.3 is 0 Å². The molecule has 5 heteroatoms. The number of nitrogens with one attached hydrogen (secondary N) is 2. The largest absolute Gasteiger partial charge is 0.381 e. The van der Waals surface area contributed by atoms with Crippen LogP contribution in [0.25, 0.3) is 0 Å². The topological polar surface area (TPSA) is 50.4 Å². The summed E-state index contributed by atoms with van der Waals surface area (Å²) in [5.74, 6) is 0.940. The Morgan fingerprint density at radius 1 is 1.41 bits per heavy atom. The van der Waals surface area contributed by atoms with Crippen molar-refractivity contribution < 1.29 is 9.53 Å². The van der Waals surface area contributed by atoms with Crippen LogP contribution in [-0.2, 0) is 9.53 Å². The maximum Gasteiger partial charge on any atom is 0.224 e. The van der Waals surface area contributed by atoms with Gasteiger partial charge in [-0.15, -0.1) is 12.4 Å². The van der Waals surface area contributed by atoms with Crippen LogP contribution in [-0.4, -0.2) is 39.3 Å². The number of hydrogen-bond donors (Lipinski definition) is 2. The molecule has 1 fully saturated rings. The highest BCUT2D eigenvalue weighted by Crippen LogP contribution is 2.17. The summed E-state index contributed by atoms with van der Waals surface area (Å²) in [6.45, 7) is 5.25. The highest BCUT2D eigenvalue weighted by atomic mass is 35.5. The SMILES string of the molecule is CNCC(C)C(=O)NCCC1CCOCC1.Cl. The molecule has 4 nitrogen and oxygen atoms in total. The predicted molar refractivity (Wildman–Crippen MR) is 71.5 cm³/mol. The smallest absolute Gasteiger partial charge is 0.224 e. The van der Waals surface area contributed by atoms with Crippen molar-refractivity contribution in [1.82, 2.24) is 10.6 Å². The van der Waals surface area contributed by atoms with Gasteiger partial charge in [0.15, 0.2) is 0 Å². The lowest BCUT2D eigenvalue weighted by Gasteiger charge is -2.22. The molecule has 17 heavy (non-hydrogen) atoms. The minimum Gasteiger partial charge on any atom is -0.381 e. The number of rotatable bonds is 6. The van der Waals surface area contributed by atoms with Gasteiger partial charge in [-0.1, -0.05) is 6.92 Å². The molecule has 1 aliphatic heterocycles.